The normalized spacial score (nSPS) is 10.1. The molecule has 1 aromatic heterocycles. The van der Waals surface area contributed by atoms with Gasteiger partial charge >= 0.3 is 7.12 Å². The van der Waals surface area contributed by atoms with Crippen molar-refractivity contribution in [3.05, 3.63) is 48.8 Å². The van der Waals surface area contributed by atoms with E-state index in [0.29, 0.717) is 5.46 Å². The van der Waals surface area contributed by atoms with Gasteiger partial charge in [0.05, 0.1) is 0 Å². The fraction of sp³-hybridized carbons (Fsp3) is 0. The van der Waals surface area contributed by atoms with Gasteiger partial charge < -0.3 is 14.6 Å². The summed E-state index contributed by atoms with van der Waals surface area (Å²) in [4.78, 5) is 0. The Hall–Kier alpha value is -1.52. The third-order valence-electron chi connectivity index (χ3n) is 2.07. The van der Waals surface area contributed by atoms with E-state index in [-0.39, 0.29) is 0 Å². The number of para-hydroxylation sites is 1. The van der Waals surface area contributed by atoms with Crippen LogP contribution < -0.4 is 5.46 Å². The van der Waals surface area contributed by atoms with Crippen LogP contribution in [0.4, 0.5) is 0 Å². The summed E-state index contributed by atoms with van der Waals surface area (Å²) in [6, 6.07) is 11.4. The van der Waals surface area contributed by atoms with Gasteiger partial charge in [0.2, 0.25) is 0 Å². The Kier molecular flexibility index (Phi) is 2.39. The highest BCUT2D eigenvalue weighted by atomic mass is 16.4. The Morgan fingerprint density at radius 3 is 2.29 bits per heavy atom. The van der Waals surface area contributed by atoms with Crippen molar-refractivity contribution in [1.29, 1.82) is 0 Å². The second kappa shape index (κ2) is 3.70. The Morgan fingerprint density at radius 2 is 1.71 bits per heavy atom. The molecule has 0 unspecified atom stereocenters. The van der Waals surface area contributed by atoms with Gasteiger partial charge in [0.1, 0.15) is 0 Å². The third-order valence-corrected chi connectivity index (χ3v) is 2.07. The highest BCUT2D eigenvalue weighted by molar-refractivity contribution is 6.58. The van der Waals surface area contributed by atoms with E-state index in [9.17, 15) is 0 Å². The predicted molar refractivity (Wildman–Crippen MR) is 55.6 cm³/mol. The van der Waals surface area contributed by atoms with Crippen molar-refractivity contribution in [3.8, 4) is 5.69 Å². The molecule has 0 aliphatic carbocycles. The lowest BCUT2D eigenvalue weighted by molar-refractivity contribution is 0.426. The van der Waals surface area contributed by atoms with Gasteiger partial charge in [0, 0.05) is 23.5 Å². The number of hydrogen-bond acceptors (Lipinski definition) is 2. The minimum Gasteiger partial charge on any atom is -0.423 e. The van der Waals surface area contributed by atoms with Crippen LogP contribution in [0.2, 0.25) is 0 Å². The van der Waals surface area contributed by atoms with Gasteiger partial charge in [-0.05, 0) is 18.2 Å². The molecule has 2 N–H and O–H groups in total. The SMILES string of the molecule is OB(O)c1ccn(-c2ccccc2)c1. The molecule has 3 nitrogen and oxygen atoms in total. The summed E-state index contributed by atoms with van der Waals surface area (Å²) in [5, 5.41) is 17.9. The van der Waals surface area contributed by atoms with Gasteiger partial charge in [-0.3, -0.25) is 0 Å². The van der Waals surface area contributed by atoms with E-state index in [4.69, 9.17) is 10.0 Å². The highest BCUT2D eigenvalue weighted by Gasteiger charge is 2.11. The van der Waals surface area contributed by atoms with Crippen LogP contribution in [-0.2, 0) is 0 Å². The average Bonchev–Trinajstić information content (AvgIpc) is 2.68. The van der Waals surface area contributed by atoms with Crippen molar-refractivity contribution in [3.63, 3.8) is 0 Å². The molecule has 4 heteroatoms. The molecule has 1 heterocycles. The first kappa shape index (κ1) is 9.06. The maximum absolute atomic E-state index is 8.93. The molecule has 0 spiro atoms. The zero-order valence-corrected chi connectivity index (χ0v) is 7.54. The molecule has 0 aliphatic heterocycles. The van der Waals surface area contributed by atoms with Crippen molar-refractivity contribution in [2.75, 3.05) is 0 Å². The Labute approximate surface area is 82.4 Å². The van der Waals surface area contributed by atoms with E-state index in [1.807, 2.05) is 34.9 Å². The molecule has 0 fully saturated rings. The molecule has 0 saturated carbocycles. The first-order valence-electron chi connectivity index (χ1n) is 4.37. The topological polar surface area (TPSA) is 45.4 Å². The number of aromatic nitrogens is 1. The first-order chi connectivity index (χ1) is 6.77. The summed E-state index contributed by atoms with van der Waals surface area (Å²) < 4.78 is 1.84. The quantitative estimate of drug-likeness (QED) is 0.657. The van der Waals surface area contributed by atoms with Crippen LogP contribution in [-0.4, -0.2) is 21.7 Å². The molecule has 2 aromatic rings. The lowest BCUT2D eigenvalue weighted by Gasteiger charge is -2.00. The molecule has 2 rings (SSSR count). The summed E-state index contributed by atoms with van der Waals surface area (Å²) in [6.45, 7) is 0. The van der Waals surface area contributed by atoms with Crippen LogP contribution in [0.15, 0.2) is 48.8 Å². The molecule has 0 aliphatic rings. The number of hydrogen-bond donors (Lipinski definition) is 2. The molecule has 14 heavy (non-hydrogen) atoms. The molecule has 0 radical (unpaired) electrons. The fourth-order valence-corrected chi connectivity index (χ4v) is 1.33. The minimum absolute atomic E-state index is 0.494. The van der Waals surface area contributed by atoms with Crippen molar-refractivity contribution >= 4 is 12.6 Å². The summed E-state index contributed by atoms with van der Waals surface area (Å²) >= 11 is 0. The zero-order valence-electron chi connectivity index (χ0n) is 7.54. The van der Waals surface area contributed by atoms with Crippen molar-refractivity contribution < 1.29 is 10.0 Å². The van der Waals surface area contributed by atoms with Crippen LogP contribution in [0, 0.1) is 0 Å². The number of rotatable bonds is 2. The van der Waals surface area contributed by atoms with Gasteiger partial charge in [0.25, 0.3) is 0 Å². The Balaban J connectivity index is 2.34. The maximum atomic E-state index is 8.93. The molecule has 1 aromatic carbocycles. The number of benzene rings is 1. The third kappa shape index (κ3) is 1.71. The Bertz CT molecular complexity index is 411. The van der Waals surface area contributed by atoms with Crippen molar-refractivity contribution in [2.24, 2.45) is 0 Å². The molecule has 0 amide bonds. The van der Waals surface area contributed by atoms with E-state index in [0.717, 1.165) is 5.69 Å². The van der Waals surface area contributed by atoms with Crippen LogP contribution in [0.3, 0.4) is 0 Å². The second-order valence-electron chi connectivity index (χ2n) is 3.06. The van der Waals surface area contributed by atoms with Crippen molar-refractivity contribution in [2.45, 2.75) is 0 Å². The molecular weight excluding hydrogens is 177 g/mol. The maximum Gasteiger partial charge on any atom is 0.489 e. The summed E-state index contributed by atoms with van der Waals surface area (Å²) in [5.74, 6) is 0. The molecule has 0 atom stereocenters. The number of nitrogens with zero attached hydrogens (tertiary/aromatic N) is 1. The van der Waals surface area contributed by atoms with E-state index in [2.05, 4.69) is 0 Å². The summed E-state index contributed by atoms with van der Waals surface area (Å²) in [7, 11) is -1.40. The van der Waals surface area contributed by atoms with Crippen LogP contribution in [0.25, 0.3) is 5.69 Å². The Morgan fingerprint density at radius 1 is 1.00 bits per heavy atom. The van der Waals surface area contributed by atoms with E-state index in [1.54, 1.807) is 18.5 Å². The van der Waals surface area contributed by atoms with Gasteiger partial charge in [-0.25, -0.2) is 0 Å². The molecular formula is C10H10BNO2. The minimum atomic E-state index is -1.40. The fourth-order valence-electron chi connectivity index (χ4n) is 1.33. The lowest BCUT2D eigenvalue weighted by Crippen LogP contribution is -2.28. The van der Waals surface area contributed by atoms with Crippen LogP contribution >= 0.6 is 0 Å². The zero-order chi connectivity index (χ0) is 9.97. The average molecular weight is 187 g/mol. The monoisotopic (exact) mass is 187 g/mol. The van der Waals surface area contributed by atoms with Gasteiger partial charge in [-0.2, -0.15) is 0 Å². The van der Waals surface area contributed by atoms with Gasteiger partial charge in [-0.15, -0.1) is 0 Å². The summed E-state index contributed by atoms with van der Waals surface area (Å²) in [6.07, 6.45) is 3.49. The molecule has 0 bridgehead atoms. The summed E-state index contributed by atoms with van der Waals surface area (Å²) in [5.41, 5.74) is 1.49. The van der Waals surface area contributed by atoms with E-state index < -0.39 is 7.12 Å². The lowest BCUT2D eigenvalue weighted by atomic mass is 9.83. The molecule has 70 valence electrons. The smallest absolute Gasteiger partial charge is 0.423 e. The highest BCUT2D eigenvalue weighted by Crippen LogP contribution is 2.05. The largest absolute Gasteiger partial charge is 0.489 e. The predicted octanol–water partition coefficient (Wildman–Crippen LogP) is 0.157. The van der Waals surface area contributed by atoms with Gasteiger partial charge in [-0.1, -0.05) is 18.2 Å². The second-order valence-corrected chi connectivity index (χ2v) is 3.06. The van der Waals surface area contributed by atoms with Crippen LogP contribution in [0.1, 0.15) is 0 Å². The van der Waals surface area contributed by atoms with Gasteiger partial charge in [0.15, 0.2) is 0 Å². The molecule has 0 saturated heterocycles. The first-order valence-corrected chi connectivity index (χ1v) is 4.37. The van der Waals surface area contributed by atoms with Crippen LogP contribution in [0.5, 0.6) is 0 Å². The van der Waals surface area contributed by atoms with Crippen molar-refractivity contribution in [1.82, 2.24) is 4.57 Å². The van der Waals surface area contributed by atoms with E-state index >= 15 is 0 Å². The standard InChI is InChI=1S/C10H10BNO2/c13-11(14)9-6-7-12(8-9)10-4-2-1-3-5-10/h1-8,13-14H. The van der Waals surface area contributed by atoms with E-state index in [1.165, 1.54) is 0 Å².